The molecule has 0 spiro atoms. The van der Waals surface area contributed by atoms with E-state index in [2.05, 4.69) is 33.9 Å². The van der Waals surface area contributed by atoms with Crippen molar-refractivity contribution in [3.63, 3.8) is 0 Å². The highest BCUT2D eigenvalue weighted by molar-refractivity contribution is 6.74. The molecule has 1 aromatic rings. The van der Waals surface area contributed by atoms with Gasteiger partial charge >= 0.3 is 0 Å². The first-order valence-electron chi connectivity index (χ1n) is 7.62. The van der Waals surface area contributed by atoms with E-state index in [9.17, 15) is 10.1 Å². The van der Waals surface area contributed by atoms with Gasteiger partial charge in [0.1, 0.15) is 0 Å². The standard InChI is InChI=1S/C17H27NO3Si/c1-14(15-11-7-8-12-16(15)18(19)20)10-9-13-21-22(5,6)17(2,3)4/h7-9,11-14H,10H2,1-6H3. The number of benzene rings is 1. The van der Waals surface area contributed by atoms with Crippen molar-refractivity contribution in [3.05, 3.63) is 52.3 Å². The number of allylic oxidation sites excluding steroid dienone is 1. The van der Waals surface area contributed by atoms with Crippen molar-refractivity contribution >= 4 is 14.0 Å². The molecule has 22 heavy (non-hydrogen) atoms. The van der Waals surface area contributed by atoms with Crippen LogP contribution in [0, 0.1) is 10.1 Å². The summed E-state index contributed by atoms with van der Waals surface area (Å²) in [7, 11) is -1.78. The molecule has 1 unspecified atom stereocenters. The van der Waals surface area contributed by atoms with Crippen molar-refractivity contribution in [2.45, 2.75) is 58.2 Å². The van der Waals surface area contributed by atoms with Gasteiger partial charge in [0.05, 0.1) is 11.2 Å². The summed E-state index contributed by atoms with van der Waals surface area (Å²) in [6.45, 7) is 13.0. The Morgan fingerprint density at radius 1 is 1.32 bits per heavy atom. The Labute approximate surface area is 134 Å². The minimum atomic E-state index is -1.78. The van der Waals surface area contributed by atoms with Gasteiger partial charge in [-0.05, 0) is 30.5 Å². The van der Waals surface area contributed by atoms with E-state index in [1.807, 2.05) is 25.1 Å². The van der Waals surface area contributed by atoms with E-state index < -0.39 is 8.32 Å². The van der Waals surface area contributed by atoms with Crippen molar-refractivity contribution in [3.8, 4) is 0 Å². The van der Waals surface area contributed by atoms with E-state index in [-0.39, 0.29) is 21.6 Å². The van der Waals surface area contributed by atoms with Crippen LogP contribution in [-0.4, -0.2) is 13.2 Å². The van der Waals surface area contributed by atoms with Crippen LogP contribution >= 0.6 is 0 Å². The number of rotatable bonds is 6. The minimum Gasteiger partial charge on any atom is -0.549 e. The summed E-state index contributed by atoms with van der Waals surface area (Å²) in [5, 5.41) is 11.2. The molecule has 5 heteroatoms. The summed E-state index contributed by atoms with van der Waals surface area (Å²) >= 11 is 0. The van der Waals surface area contributed by atoms with Crippen LogP contribution in [0.15, 0.2) is 36.6 Å². The average Bonchev–Trinajstić information content (AvgIpc) is 2.42. The van der Waals surface area contributed by atoms with E-state index in [0.717, 1.165) is 12.0 Å². The molecular weight excluding hydrogens is 294 g/mol. The largest absolute Gasteiger partial charge is 0.549 e. The molecule has 0 bridgehead atoms. The Bertz CT molecular complexity index is 547. The quantitative estimate of drug-likeness (QED) is 0.295. The van der Waals surface area contributed by atoms with Crippen LogP contribution in [0.25, 0.3) is 0 Å². The van der Waals surface area contributed by atoms with Crippen LogP contribution in [0.4, 0.5) is 5.69 Å². The van der Waals surface area contributed by atoms with Gasteiger partial charge in [-0.15, -0.1) is 0 Å². The lowest BCUT2D eigenvalue weighted by Crippen LogP contribution is -2.39. The van der Waals surface area contributed by atoms with Gasteiger partial charge in [0, 0.05) is 11.6 Å². The Morgan fingerprint density at radius 3 is 2.45 bits per heavy atom. The highest BCUT2D eigenvalue weighted by Crippen LogP contribution is 2.36. The first kappa shape index (κ1) is 18.4. The normalized spacial score (nSPS) is 14.1. The molecule has 0 saturated heterocycles. The maximum atomic E-state index is 11.1. The fourth-order valence-corrected chi connectivity index (χ4v) is 2.64. The number of nitro benzene ring substituents is 1. The molecule has 0 radical (unpaired) electrons. The highest BCUT2D eigenvalue weighted by atomic mass is 28.4. The van der Waals surface area contributed by atoms with E-state index >= 15 is 0 Å². The van der Waals surface area contributed by atoms with E-state index in [1.165, 1.54) is 0 Å². The molecule has 0 saturated carbocycles. The lowest BCUT2D eigenvalue weighted by atomic mass is 9.96. The lowest BCUT2D eigenvalue weighted by molar-refractivity contribution is -0.385. The smallest absolute Gasteiger partial charge is 0.272 e. The first-order valence-corrected chi connectivity index (χ1v) is 10.5. The lowest BCUT2D eigenvalue weighted by Gasteiger charge is -2.35. The fourth-order valence-electron chi connectivity index (χ4n) is 1.85. The molecule has 0 aromatic heterocycles. The molecule has 1 aromatic carbocycles. The zero-order chi connectivity index (χ0) is 17.0. The number of para-hydroxylation sites is 1. The van der Waals surface area contributed by atoms with Gasteiger partial charge in [-0.25, -0.2) is 0 Å². The van der Waals surface area contributed by atoms with Crippen molar-refractivity contribution in [1.82, 2.24) is 0 Å². The van der Waals surface area contributed by atoms with E-state index in [4.69, 9.17) is 4.43 Å². The van der Waals surface area contributed by atoms with Gasteiger partial charge in [-0.3, -0.25) is 10.1 Å². The molecule has 0 aliphatic carbocycles. The molecule has 4 nitrogen and oxygen atoms in total. The topological polar surface area (TPSA) is 52.4 Å². The maximum absolute atomic E-state index is 11.1. The van der Waals surface area contributed by atoms with Crippen molar-refractivity contribution in [2.75, 3.05) is 0 Å². The third-order valence-electron chi connectivity index (χ3n) is 4.42. The van der Waals surface area contributed by atoms with Gasteiger partial charge < -0.3 is 4.43 Å². The first-order chi connectivity index (χ1) is 10.1. The second kappa shape index (κ2) is 7.09. The molecule has 0 fully saturated rings. The maximum Gasteiger partial charge on any atom is 0.272 e. The van der Waals surface area contributed by atoms with Gasteiger partial charge in [-0.1, -0.05) is 52.0 Å². The van der Waals surface area contributed by atoms with Crippen LogP contribution in [0.3, 0.4) is 0 Å². The third-order valence-corrected chi connectivity index (χ3v) is 8.76. The number of nitrogens with zero attached hydrogens (tertiary/aromatic N) is 1. The number of hydrogen-bond donors (Lipinski definition) is 0. The Balaban J connectivity index is 2.70. The van der Waals surface area contributed by atoms with Gasteiger partial charge in [0.25, 0.3) is 5.69 Å². The molecule has 122 valence electrons. The molecule has 1 atom stereocenters. The third kappa shape index (κ3) is 4.70. The second-order valence-electron chi connectivity index (χ2n) is 7.20. The number of hydrogen-bond acceptors (Lipinski definition) is 3. The molecule has 0 amide bonds. The van der Waals surface area contributed by atoms with Crippen molar-refractivity contribution in [1.29, 1.82) is 0 Å². The Kier molecular flexibility index (Phi) is 5.94. The predicted octanol–water partition coefficient (Wildman–Crippen LogP) is 5.62. The zero-order valence-corrected chi connectivity index (χ0v) is 15.4. The summed E-state index contributed by atoms with van der Waals surface area (Å²) in [6, 6.07) is 6.92. The van der Waals surface area contributed by atoms with Crippen LogP contribution in [0.1, 0.15) is 45.6 Å². The fraction of sp³-hybridized carbons (Fsp3) is 0.529. The minimum absolute atomic E-state index is 0.0841. The summed E-state index contributed by atoms with van der Waals surface area (Å²) < 4.78 is 5.98. The van der Waals surface area contributed by atoms with E-state index in [1.54, 1.807) is 18.4 Å². The van der Waals surface area contributed by atoms with Crippen LogP contribution in [-0.2, 0) is 4.43 Å². The van der Waals surface area contributed by atoms with Gasteiger partial charge in [0.2, 0.25) is 8.32 Å². The zero-order valence-electron chi connectivity index (χ0n) is 14.4. The Hall–Kier alpha value is -1.62. The molecule has 1 rings (SSSR count). The predicted molar refractivity (Wildman–Crippen MR) is 93.6 cm³/mol. The van der Waals surface area contributed by atoms with Crippen molar-refractivity contribution in [2.24, 2.45) is 0 Å². The molecule has 0 aliphatic heterocycles. The van der Waals surface area contributed by atoms with Crippen LogP contribution < -0.4 is 0 Å². The van der Waals surface area contributed by atoms with Crippen LogP contribution in [0.2, 0.25) is 18.1 Å². The molecule has 0 heterocycles. The summed E-state index contributed by atoms with van der Waals surface area (Å²) in [4.78, 5) is 10.7. The second-order valence-corrected chi connectivity index (χ2v) is 12.0. The molecule has 0 N–H and O–H groups in total. The van der Waals surface area contributed by atoms with Gasteiger partial charge in [-0.2, -0.15) is 0 Å². The van der Waals surface area contributed by atoms with Gasteiger partial charge in [0.15, 0.2) is 0 Å². The highest BCUT2D eigenvalue weighted by Gasteiger charge is 2.37. The Morgan fingerprint density at radius 2 is 1.91 bits per heavy atom. The number of nitro groups is 1. The molecule has 0 aliphatic rings. The van der Waals surface area contributed by atoms with Crippen LogP contribution in [0.5, 0.6) is 0 Å². The summed E-state index contributed by atoms with van der Waals surface area (Å²) in [5.41, 5.74) is 0.957. The molecular formula is C17H27NO3Si. The SMILES string of the molecule is CC(CC=CO[Si](C)(C)C(C)(C)C)c1ccccc1[N+](=O)[O-]. The van der Waals surface area contributed by atoms with E-state index in [0.29, 0.717) is 0 Å². The summed E-state index contributed by atoms with van der Waals surface area (Å²) in [5.74, 6) is 0.0841. The summed E-state index contributed by atoms with van der Waals surface area (Å²) in [6.07, 6.45) is 4.48. The average molecular weight is 321 g/mol. The van der Waals surface area contributed by atoms with Crippen molar-refractivity contribution < 1.29 is 9.35 Å². The monoisotopic (exact) mass is 321 g/mol.